The van der Waals surface area contributed by atoms with E-state index in [0.717, 1.165) is 19.3 Å². The van der Waals surface area contributed by atoms with Crippen molar-refractivity contribution in [1.82, 2.24) is 0 Å². The zero-order chi connectivity index (χ0) is 10.8. The minimum atomic E-state index is -1.23. The van der Waals surface area contributed by atoms with Crippen LogP contribution >= 0.6 is 0 Å². The largest absolute Gasteiger partial charge is 0.467 e. The normalized spacial score (nSPS) is 32.0. The van der Waals surface area contributed by atoms with Crippen LogP contribution in [0, 0.1) is 5.41 Å². The number of esters is 1. The molecule has 0 aliphatic heterocycles. The zero-order valence-corrected chi connectivity index (χ0v) is 9.30. The number of carbonyl (C=O) groups excluding carboxylic acids is 1. The molecule has 1 aliphatic carbocycles. The van der Waals surface area contributed by atoms with Crippen LogP contribution in [-0.2, 0) is 9.53 Å². The summed E-state index contributed by atoms with van der Waals surface area (Å²) in [5.74, 6) is -0.477. The van der Waals surface area contributed by atoms with E-state index in [-0.39, 0.29) is 5.41 Å². The fourth-order valence-electron chi connectivity index (χ4n) is 2.05. The Morgan fingerprint density at radius 1 is 1.21 bits per heavy atom. The number of hydrogen-bond donors (Lipinski definition) is 1. The molecule has 0 aromatic heterocycles. The molecule has 0 heterocycles. The van der Waals surface area contributed by atoms with E-state index in [2.05, 4.69) is 18.6 Å². The Kier molecular flexibility index (Phi) is 3.20. The predicted octanol–water partition coefficient (Wildman–Crippen LogP) is 1.88. The first-order chi connectivity index (χ1) is 6.40. The lowest BCUT2D eigenvalue weighted by atomic mass is 9.84. The van der Waals surface area contributed by atoms with Gasteiger partial charge in [0.2, 0.25) is 0 Å². The smallest absolute Gasteiger partial charge is 0.337 e. The van der Waals surface area contributed by atoms with Crippen LogP contribution < -0.4 is 0 Å². The van der Waals surface area contributed by atoms with Crippen molar-refractivity contribution >= 4 is 5.97 Å². The molecule has 0 saturated heterocycles. The Morgan fingerprint density at radius 3 is 2.43 bits per heavy atom. The SMILES string of the molecule is COC(=O)C1(O)CCCC(C)(C)CC1. The molecule has 0 amide bonds. The van der Waals surface area contributed by atoms with Crippen molar-refractivity contribution in [1.29, 1.82) is 0 Å². The van der Waals surface area contributed by atoms with Gasteiger partial charge in [-0.2, -0.15) is 0 Å². The van der Waals surface area contributed by atoms with Crippen molar-refractivity contribution < 1.29 is 14.6 Å². The quantitative estimate of drug-likeness (QED) is 0.519. The van der Waals surface area contributed by atoms with Crippen LogP contribution in [0.25, 0.3) is 0 Å². The summed E-state index contributed by atoms with van der Waals surface area (Å²) < 4.78 is 4.63. The molecule has 1 fully saturated rings. The number of carbonyl (C=O) groups is 1. The van der Waals surface area contributed by atoms with Gasteiger partial charge in [0.15, 0.2) is 5.60 Å². The second kappa shape index (κ2) is 3.89. The lowest BCUT2D eigenvalue weighted by molar-refractivity contribution is -0.163. The number of methoxy groups -OCH3 is 1. The van der Waals surface area contributed by atoms with Gasteiger partial charge >= 0.3 is 5.97 Å². The fourth-order valence-corrected chi connectivity index (χ4v) is 2.05. The van der Waals surface area contributed by atoms with Gasteiger partial charge in [-0.25, -0.2) is 4.79 Å². The van der Waals surface area contributed by atoms with Gasteiger partial charge in [-0.3, -0.25) is 0 Å². The molecule has 3 nitrogen and oxygen atoms in total. The highest BCUT2D eigenvalue weighted by Gasteiger charge is 2.40. The molecule has 3 heteroatoms. The molecule has 0 aromatic carbocycles. The molecule has 82 valence electrons. The Hall–Kier alpha value is -0.570. The number of rotatable bonds is 1. The van der Waals surface area contributed by atoms with Gasteiger partial charge in [0.25, 0.3) is 0 Å². The lowest BCUT2D eigenvalue weighted by Gasteiger charge is -2.25. The summed E-state index contributed by atoms with van der Waals surface area (Å²) in [6, 6.07) is 0. The maximum Gasteiger partial charge on any atom is 0.337 e. The summed E-state index contributed by atoms with van der Waals surface area (Å²) in [7, 11) is 1.33. The standard InChI is InChI=1S/C11H20O3/c1-10(2)5-4-6-11(13,8-7-10)9(12)14-3/h13H,4-8H2,1-3H3. The summed E-state index contributed by atoms with van der Waals surface area (Å²) in [6.07, 6.45) is 3.87. The maximum atomic E-state index is 11.4. The van der Waals surface area contributed by atoms with Crippen LogP contribution in [0.1, 0.15) is 46.0 Å². The molecule has 0 radical (unpaired) electrons. The van der Waals surface area contributed by atoms with E-state index in [1.807, 2.05) is 0 Å². The van der Waals surface area contributed by atoms with E-state index in [1.165, 1.54) is 7.11 Å². The zero-order valence-electron chi connectivity index (χ0n) is 9.30. The van der Waals surface area contributed by atoms with E-state index < -0.39 is 11.6 Å². The molecule has 0 spiro atoms. The van der Waals surface area contributed by atoms with Gasteiger partial charge < -0.3 is 9.84 Å². The molecular formula is C11H20O3. The first-order valence-corrected chi connectivity index (χ1v) is 5.20. The summed E-state index contributed by atoms with van der Waals surface area (Å²) in [4.78, 5) is 11.4. The predicted molar refractivity (Wildman–Crippen MR) is 53.8 cm³/mol. The van der Waals surface area contributed by atoms with E-state index in [1.54, 1.807) is 0 Å². The molecule has 0 aromatic rings. The summed E-state index contributed by atoms with van der Waals surface area (Å²) >= 11 is 0. The summed E-state index contributed by atoms with van der Waals surface area (Å²) in [5, 5.41) is 10.1. The van der Waals surface area contributed by atoms with Crippen LogP contribution in [-0.4, -0.2) is 23.8 Å². The molecule has 1 rings (SSSR count). The van der Waals surface area contributed by atoms with Crippen molar-refractivity contribution in [3.05, 3.63) is 0 Å². The Bertz CT molecular complexity index is 223. The van der Waals surface area contributed by atoms with Crippen molar-refractivity contribution in [3.63, 3.8) is 0 Å². The van der Waals surface area contributed by atoms with E-state index in [4.69, 9.17) is 0 Å². The van der Waals surface area contributed by atoms with Crippen molar-refractivity contribution in [2.24, 2.45) is 5.41 Å². The third-order valence-corrected chi connectivity index (χ3v) is 3.22. The summed E-state index contributed by atoms with van der Waals surface area (Å²) in [6.45, 7) is 4.35. The van der Waals surface area contributed by atoms with E-state index in [9.17, 15) is 9.90 Å². The second-order valence-corrected chi connectivity index (χ2v) is 5.04. The third kappa shape index (κ3) is 2.47. The average Bonchev–Trinajstić information content (AvgIpc) is 2.26. The molecule has 14 heavy (non-hydrogen) atoms. The van der Waals surface area contributed by atoms with Crippen LogP contribution in [0.4, 0.5) is 0 Å². The first kappa shape index (κ1) is 11.5. The number of hydrogen-bond acceptors (Lipinski definition) is 3. The van der Waals surface area contributed by atoms with Crippen molar-refractivity contribution in [2.75, 3.05) is 7.11 Å². The van der Waals surface area contributed by atoms with Crippen LogP contribution in [0.3, 0.4) is 0 Å². The van der Waals surface area contributed by atoms with Crippen molar-refractivity contribution in [3.8, 4) is 0 Å². The molecule has 0 bridgehead atoms. The van der Waals surface area contributed by atoms with Gasteiger partial charge in [0, 0.05) is 0 Å². The lowest BCUT2D eigenvalue weighted by Crippen LogP contribution is -2.39. The highest BCUT2D eigenvalue weighted by atomic mass is 16.5. The Balaban J connectivity index is 2.69. The molecule has 1 aliphatic rings. The minimum Gasteiger partial charge on any atom is -0.467 e. The number of ether oxygens (including phenoxy) is 1. The second-order valence-electron chi connectivity index (χ2n) is 5.04. The topological polar surface area (TPSA) is 46.5 Å². The third-order valence-electron chi connectivity index (χ3n) is 3.22. The maximum absolute atomic E-state index is 11.4. The first-order valence-electron chi connectivity index (χ1n) is 5.20. The average molecular weight is 200 g/mol. The summed E-state index contributed by atoms with van der Waals surface area (Å²) in [5.41, 5.74) is -0.999. The van der Waals surface area contributed by atoms with Gasteiger partial charge in [-0.1, -0.05) is 13.8 Å². The van der Waals surface area contributed by atoms with E-state index in [0.29, 0.717) is 12.8 Å². The monoisotopic (exact) mass is 200 g/mol. The van der Waals surface area contributed by atoms with Gasteiger partial charge in [0.1, 0.15) is 0 Å². The fraction of sp³-hybridized carbons (Fsp3) is 0.909. The van der Waals surface area contributed by atoms with Crippen molar-refractivity contribution in [2.45, 2.75) is 51.6 Å². The molecule has 1 atom stereocenters. The highest BCUT2D eigenvalue weighted by Crippen LogP contribution is 2.38. The highest BCUT2D eigenvalue weighted by molar-refractivity contribution is 5.79. The van der Waals surface area contributed by atoms with Gasteiger partial charge in [-0.05, 0) is 37.5 Å². The minimum absolute atomic E-state index is 0.235. The van der Waals surface area contributed by atoms with Crippen LogP contribution in [0.5, 0.6) is 0 Å². The molecule has 1 saturated carbocycles. The van der Waals surface area contributed by atoms with E-state index >= 15 is 0 Å². The molecule has 1 N–H and O–H groups in total. The van der Waals surface area contributed by atoms with Gasteiger partial charge in [0.05, 0.1) is 7.11 Å². The van der Waals surface area contributed by atoms with Crippen LogP contribution in [0.15, 0.2) is 0 Å². The van der Waals surface area contributed by atoms with Gasteiger partial charge in [-0.15, -0.1) is 0 Å². The number of aliphatic hydroxyl groups is 1. The Morgan fingerprint density at radius 2 is 1.86 bits per heavy atom. The molecule has 1 unspecified atom stereocenters. The van der Waals surface area contributed by atoms with Crippen LogP contribution in [0.2, 0.25) is 0 Å². The molecular weight excluding hydrogens is 180 g/mol. The Labute approximate surface area is 85.5 Å².